The highest BCUT2D eigenvalue weighted by Crippen LogP contribution is 2.06. The minimum Gasteiger partial charge on any atom is -0.444 e. The number of carbonyl (C=O) groups excluding carboxylic acids is 2. The zero-order valence-electron chi connectivity index (χ0n) is 13.9. The van der Waals surface area contributed by atoms with Gasteiger partial charge in [-0.1, -0.05) is 24.3 Å². The fourth-order valence-electron chi connectivity index (χ4n) is 1.76. The summed E-state index contributed by atoms with van der Waals surface area (Å²) in [7, 11) is 0. The van der Waals surface area contributed by atoms with E-state index in [9.17, 15) is 9.59 Å². The maximum atomic E-state index is 11.4. The van der Waals surface area contributed by atoms with Crippen LogP contribution in [0.15, 0.2) is 36.4 Å². The molecule has 0 aliphatic carbocycles. The molecule has 0 radical (unpaired) electrons. The summed E-state index contributed by atoms with van der Waals surface area (Å²) in [5.41, 5.74) is 6.24. The Labute approximate surface area is 137 Å². The second kappa shape index (κ2) is 8.95. The number of primary amides is 1. The molecule has 0 unspecified atom stereocenters. The van der Waals surface area contributed by atoms with Gasteiger partial charge in [0, 0.05) is 25.2 Å². The number of ether oxygens (including phenoxy) is 1. The number of hydrogen-bond acceptors (Lipinski definition) is 4. The fourth-order valence-corrected chi connectivity index (χ4v) is 1.76. The second-order valence-corrected chi connectivity index (χ2v) is 6.05. The third-order valence-electron chi connectivity index (χ3n) is 2.73. The average Bonchev–Trinajstić information content (AvgIpc) is 2.44. The van der Waals surface area contributed by atoms with Gasteiger partial charge in [0.1, 0.15) is 5.60 Å². The maximum absolute atomic E-state index is 11.4. The van der Waals surface area contributed by atoms with Crippen LogP contribution in [0, 0.1) is 0 Å². The SMILES string of the molecule is CC(C)(C)OC(=O)NC/C=C/CNCc1cccc(C(N)=O)c1. The molecule has 0 fully saturated rings. The molecule has 0 saturated carbocycles. The monoisotopic (exact) mass is 319 g/mol. The van der Waals surface area contributed by atoms with Gasteiger partial charge in [-0.15, -0.1) is 0 Å². The molecular formula is C17H25N3O3. The molecule has 6 nitrogen and oxygen atoms in total. The van der Waals surface area contributed by atoms with Gasteiger partial charge in [0.05, 0.1) is 0 Å². The average molecular weight is 319 g/mol. The third-order valence-corrected chi connectivity index (χ3v) is 2.73. The Morgan fingerprint density at radius 2 is 1.91 bits per heavy atom. The molecule has 0 aromatic heterocycles. The molecule has 1 rings (SSSR count). The quantitative estimate of drug-likeness (QED) is 0.529. The number of nitrogens with two attached hydrogens (primary N) is 1. The summed E-state index contributed by atoms with van der Waals surface area (Å²) >= 11 is 0. The van der Waals surface area contributed by atoms with E-state index in [0.717, 1.165) is 5.56 Å². The van der Waals surface area contributed by atoms with Gasteiger partial charge in [-0.05, 0) is 38.5 Å². The third kappa shape index (κ3) is 8.63. The summed E-state index contributed by atoms with van der Waals surface area (Å²) in [6.45, 7) is 7.15. The van der Waals surface area contributed by atoms with E-state index in [-0.39, 0.29) is 0 Å². The Hall–Kier alpha value is -2.34. The summed E-state index contributed by atoms with van der Waals surface area (Å²) in [5.74, 6) is -0.431. The van der Waals surface area contributed by atoms with Crippen molar-refractivity contribution in [2.45, 2.75) is 32.9 Å². The van der Waals surface area contributed by atoms with Crippen molar-refractivity contribution < 1.29 is 14.3 Å². The Kier molecular flexibility index (Phi) is 7.28. The highest BCUT2D eigenvalue weighted by molar-refractivity contribution is 5.92. The van der Waals surface area contributed by atoms with Crippen molar-refractivity contribution in [2.24, 2.45) is 5.73 Å². The predicted molar refractivity (Wildman–Crippen MR) is 90.0 cm³/mol. The van der Waals surface area contributed by atoms with E-state index < -0.39 is 17.6 Å². The summed E-state index contributed by atoms with van der Waals surface area (Å²) in [6, 6.07) is 7.18. The van der Waals surface area contributed by atoms with Gasteiger partial charge >= 0.3 is 6.09 Å². The van der Waals surface area contributed by atoms with E-state index in [1.165, 1.54) is 0 Å². The van der Waals surface area contributed by atoms with Crippen LogP contribution >= 0.6 is 0 Å². The molecular weight excluding hydrogens is 294 g/mol. The van der Waals surface area contributed by atoms with Crippen LogP contribution in [0.2, 0.25) is 0 Å². The molecule has 0 heterocycles. The lowest BCUT2D eigenvalue weighted by molar-refractivity contribution is 0.0534. The van der Waals surface area contributed by atoms with Crippen LogP contribution in [-0.4, -0.2) is 30.7 Å². The number of carbonyl (C=O) groups is 2. The summed E-state index contributed by atoms with van der Waals surface area (Å²) in [6.07, 6.45) is 3.32. The topological polar surface area (TPSA) is 93.4 Å². The Bertz CT molecular complexity index is 562. The van der Waals surface area contributed by atoms with Crippen molar-refractivity contribution in [1.29, 1.82) is 0 Å². The Balaban J connectivity index is 2.21. The molecule has 0 aliphatic rings. The van der Waals surface area contributed by atoms with Gasteiger partial charge in [-0.2, -0.15) is 0 Å². The van der Waals surface area contributed by atoms with Gasteiger partial charge in [0.2, 0.25) is 5.91 Å². The molecule has 2 amide bonds. The van der Waals surface area contributed by atoms with Crippen LogP contribution in [0.5, 0.6) is 0 Å². The molecule has 0 spiro atoms. The molecule has 126 valence electrons. The highest BCUT2D eigenvalue weighted by Gasteiger charge is 2.14. The smallest absolute Gasteiger partial charge is 0.407 e. The first-order chi connectivity index (χ1) is 10.8. The highest BCUT2D eigenvalue weighted by atomic mass is 16.6. The van der Waals surface area contributed by atoms with Crippen molar-refractivity contribution in [3.8, 4) is 0 Å². The number of benzene rings is 1. The number of alkyl carbamates (subject to hydrolysis) is 1. The summed E-state index contributed by atoms with van der Waals surface area (Å²) in [5, 5.41) is 5.85. The van der Waals surface area contributed by atoms with Crippen molar-refractivity contribution in [2.75, 3.05) is 13.1 Å². The van der Waals surface area contributed by atoms with Gasteiger partial charge in [-0.3, -0.25) is 4.79 Å². The minimum atomic E-state index is -0.491. The van der Waals surface area contributed by atoms with E-state index in [2.05, 4.69) is 10.6 Å². The van der Waals surface area contributed by atoms with Gasteiger partial charge in [0.25, 0.3) is 0 Å². The number of hydrogen-bond donors (Lipinski definition) is 3. The van der Waals surface area contributed by atoms with E-state index in [1.54, 1.807) is 18.2 Å². The normalized spacial score (nSPS) is 11.4. The van der Waals surface area contributed by atoms with Crippen LogP contribution in [0.25, 0.3) is 0 Å². The van der Waals surface area contributed by atoms with E-state index in [0.29, 0.717) is 25.2 Å². The van der Waals surface area contributed by atoms with Crippen LogP contribution in [0.4, 0.5) is 4.79 Å². The van der Waals surface area contributed by atoms with Crippen LogP contribution in [0.3, 0.4) is 0 Å². The Morgan fingerprint density at radius 1 is 1.22 bits per heavy atom. The molecule has 0 bridgehead atoms. The predicted octanol–water partition coefficient (Wildman–Crippen LogP) is 1.96. The van der Waals surface area contributed by atoms with Crippen molar-refractivity contribution in [1.82, 2.24) is 10.6 Å². The van der Waals surface area contributed by atoms with Crippen LogP contribution in [-0.2, 0) is 11.3 Å². The van der Waals surface area contributed by atoms with E-state index >= 15 is 0 Å². The lowest BCUT2D eigenvalue weighted by atomic mass is 10.1. The molecule has 1 aromatic rings. The first-order valence-electron chi connectivity index (χ1n) is 7.49. The van der Waals surface area contributed by atoms with Crippen LogP contribution in [0.1, 0.15) is 36.7 Å². The van der Waals surface area contributed by atoms with E-state index in [1.807, 2.05) is 39.0 Å². The molecule has 23 heavy (non-hydrogen) atoms. The van der Waals surface area contributed by atoms with Crippen molar-refractivity contribution in [3.05, 3.63) is 47.5 Å². The first kappa shape index (κ1) is 18.7. The largest absolute Gasteiger partial charge is 0.444 e. The van der Waals surface area contributed by atoms with E-state index in [4.69, 9.17) is 10.5 Å². The van der Waals surface area contributed by atoms with Gasteiger partial charge < -0.3 is 21.1 Å². The maximum Gasteiger partial charge on any atom is 0.407 e. The number of rotatable bonds is 7. The summed E-state index contributed by atoms with van der Waals surface area (Å²) < 4.78 is 5.12. The standard InChI is InChI=1S/C17H25N3O3/c1-17(2,3)23-16(22)20-10-5-4-9-19-12-13-7-6-8-14(11-13)15(18)21/h4-8,11,19H,9-10,12H2,1-3H3,(H2,18,21)(H,20,22)/b5-4+. The number of amides is 2. The molecule has 6 heteroatoms. The fraction of sp³-hybridized carbons (Fsp3) is 0.412. The summed E-state index contributed by atoms with van der Waals surface area (Å²) in [4.78, 5) is 22.5. The molecule has 4 N–H and O–H groups in total. The minimum absolute atomic E-state index is 0.410. The first-order valence-corrected chi connectivity index (χ1v) is 7.49. The second-order valence-electron chi connectivity index (χ2n) is 6.05. The van der Waals surface area contributed by atoms with Gasteiger partial charge in [0.15, 0.2) is 0 Å². The molecule has 0 saturated heterocycles. The lowest BCUT2D eigenvalue weighted by Gasteiger charge is -2.19. The van der Waals surface area contributed by atoms with Crippen LogP contribution < -0.4 is 16.4 Å². The lowest BCUT2D eigenvalue weighted by Crippen LogP contribution is -2.32. The van der Waals surface area contributed by atoms with Crippen molar-refractivity contribution in [3.63, 3.8) is 0 Å². The molecule has 0 aliphatic heterocycles. The van der Waals surface area contributed by atoms with Crippen molar-refractivity contribution >= 4 is 12.0 Å². The molecule has 1 aromatic carbocycles. The zero-order valence-corrected chi connectivity index (χ0v) is 13.9. The molecule has 0 atom stereocenters. The number of nitrogens with one attached hydrogen (secondary N) is 2. The van der Waals surface area contributed by atoms with Gasteiger partial charge in [-0.25, -0.2) is 4.79 Å². The zero-order chi connectivity index (χ0) is 17.3. The Morgan fingerprint density at radius 3 is 2.57 bits per heavy atom.